The number of para-hydroxylation sites is 1. The number of benzene rings is 2. The number of nitro benzene ring substituents is 1. The summed E-state index contributed by atoms with van der Waals surface area (Å²) in [7, 11) is 0. The molecular weight excluding hydrogens is 284 g/mol. The fraction of sp³-hybridized carbons (Fsp3) is 0. The van der Waals surface area contributed by atoms with Crippen molar-refractivity contribution in [3.8, 4) is 5.75 Å². The third-order valence-electron chi connectivity index (χ3n) is 2.54. The first-order valence-electron chi connectivity index (χ1n) is 5.55. The standard InChI is InChI=1S/C13H9ClN2O4/c14-20-12-8-10(16(18)19)6-7-11(12)13(17)15-9-4-2-1-3-5-9/h1-8H,(H,15,17). The van der Waals surface area contributed by atoms with Crippen LogP contribution in [0.15, 0.2) is 48.5 Å². The van der Waals surface area contributed by atoms with Crippen LogP contribution in [0.25, 0.3) is 0 Å². The maximum atomic E-state index is 12.1. The van der Waals surface area contributed by atoms with E-state index in [0.717, 1.165) is 6.07 Å². The van der Waals surface area contributed by atoms with Gasteiger partial charge >= 0.3 is 0 Å². The van der Waals surface area contributed by atoms with E-state index < -0.39 is 10.8 Å². The van der Waals surface area contributed by atoms with E-state index in [1.807, 2.05) is 6.07 Å². The second-order valence-electron chi connectivity index (χ2n) is 3.83. The van der Waals surface area contributed by atoms with E-state index in [4.69, 9.17) is 11.9 Å². The van der Waals surface area contributed by atoms with E-state index in [9.17, 15) is 14.9 Å². The van der Waals surface area contributed by atoms with E-state index >= 15 is 0 Å². The van der Waals surface area contributed by atoms with Crippen molar-refractivity contribution in [1.82, 2.24) is 0 Å². The van der Waals surface area contributed by atoms with Gasteiger partial charge in [0.05, 0.1) is 16.6 Å². The highest BCUT2D eigenvalue weighted by molar-refractivity contribution is 6.11. The van der Waals surface area contributed by atoms with Gasteiger partial charge < -0.3 is 9.61 Å². The fourth-order valence-corrected chi connectivity index (χ4v) is 1.72. The minimum Gasteiger partial charge on any atom is -0.384 e. The average molecular weight is 293 g/mol. The van der Waals surface area contributed by atoms with Gasteiger partial charge in [-0.15, -0.1) is 0 Å². The second-order valence-corrected chi connectivity index (χ2v) is 3.99. The van der Waals surface area contributed by atoms with Gasteiger partial charge in [-0.1, -0.05) is 18.2 Å². The number of nitrogens with zero attached hydrogens (tertiary/aromatic N) is 1. The lowest BCUT2D eigenvalue weighted by Gasteiger charge is -2.07. The van der Waals surface area contributed by atoms with Crippen LogP contribution in [0.3, 0.4) is 0 Å². The summed E-state index contributed by atoms with van der Waals surface area (Å²) >= 11 is 5.25. The number of non-ortho nitro benzene ring substituents is 1. The number of nitrogens with one attached hydrogen (secondary N) is 1. The van der Waals surface area contributed by atoms with Gasteiger partial charge in [-0.3, -0.25) is 14.9 Å². The van der Waals surface area contributed by atoms with Crippen LogP contribution in [0, 0.1) is 10.1 Å². The van der Waals surface area contributed by atoms with Gasteiger partial charge in [0.15, 0.2) is 5.75 Å². The molecule has 0 aliphatic carbocycles. The van der Waals surface area contributed by atoms with Crippen molar-refractivity contribution < 1.29 is 14.0 Å². The summed E-state index contributed by atoms with van der Waals surface area (Å²) in [5.41, 5.74) is 0.489. The summed E-state index contributed by atoms with van der Waals surface area (Å²) in [4.78, 5) is 22.1. The van der Waals surface area contributed by atoms with Crippen LogP contribution >= 0.6 is 11.9 Å². The first kappa shape index (κ1) is 13.8. The van der Waals surface area contributed by atoms with E-state index in [0.29, 0.717) is 5.69 Å². The van der Waals surface area contributed by atoms with Crippen LogP contribution in [-0.4, -0.2) is 10.8 Å². The molecule has 0 unspecified atom stereocenters. The number of hydrogen-bond donors (Lipinski definition) is 1. The molecule has 0 saturated heterocycles. The molecule has 0 heterocycles. The quantitative estimate of drug-likeness (QED) is 0.692. The first-order chi connectivity index (χ1) is 9.61. The van der Waals surface area contributed by atoms with Crippen molar-refractivity contribution in [2.45, 2.75) is 0 Å². The molecular formula is C13H9ClN2O4. The van der Waals surface area contributed by atoms with Gasteiger partial charge in [0.25, 0.3) is 11.6 Å². The van der Waals surface area contributed by atoms with Crippen LogP contribution in [0.1, 0.15) is 10.4 Å². The number of halogens is 1. The Labute approximate surface area is 119 Å². The lowest BCUT2D eigenvalue weighted by atomic mass is 10.1. The van der Waals surface area contributed by atoms with Crippen molar-refractivity contribution in [2.75, 3.05) is 5.32 Å². The van der Waals surface area contributed by atoms with Gasteiger partial charge in [-0.2, -0.15) is 0 Å². The molecule has 2 rings (SSSR count). The molecule has 6 nitrogen and oxygen atoms in total. The van der Waals surface area contributed by atoms with Gasteiger partial charge in [-0.05, 0) is 18.2 Å². The van der Waals surface area contributed by atoms with Gasteiger partial charge in [0.1, 0.15) is 11.9 Å². The van der Waals surface area contributed by atoms with Crippen LogP contribution in [0.5, 0.6) is 5.75 Å². The van der Waals surface area contributed by atoms with Crippen LogP contribution in [0.2, 0.25) is 0 Å². The molecule has 1 N–H and O–H groups in total. The highest BCUT2D eigenvalue weighted by Gasteiger charge is 2.17. The Kier molecular flexibility index (Phi) is 4.17. The third-order valence-corrected chi connectivity index (χ3v) is 2.70. The Balaban J connectivity index is 2.28. The number of hydrogen-bond acceptors (Lipinski definition) is 4. The fourth-order valence-electron chi connectivity index (χ4n) is 1.60. The van der Waals surface area contributed by atoms with Crippen LogP contribution < -0.4 is 9.61 Å². The van der Waals surface area contributed by atoms with E-state index in [1.165, 1.54) is 12.1 Å². The molecule has 2 aromatic rings. The van der Waals surface area contributed by atoms with Gasteiger partial charge in [0, 0.05) is 11.8 Å². The van der Waals surface area contributed by atoms with Gasteiger partial charge in [0.2, 0.25) is 0 Å². The molecule has 0 aromatic heterocycles. The van der Waals surface area contributed by atoms with Gasteiger partial charge in [-0.25, -0.2) is 0 Å². The van der Waals surface area contributed by atoms with Crippen molar-refractivity contribution >= 4 is 29.1 Å². The highest BCUT2D eigenvalue weighted by atomic mass is 35.5. The molecule has 0 spiro atoms. The highest BCUT2D eigenvalue weighted by Crippen LogP contribution is 2.26. The number of carbonyl (C=O) groups excluding carboxylic acids is 1. The normalized spacial score (nSPS) is 9.85. The number of nitro groups is 1. The second kappa shape index (κ2) is 6.03. The van der Waals surface area contributed by atoms with Crippen molar-refractivity contribution in [3.63, 3.8) is 0 Å². The van der Waals surface area contributed by atoms with Crippen molar-refractivity contribution in [2.24, 2.45) is 0 Å². The Morgan fingerprint density at radius 2 is 1.90 bits per heavy atom. The maximum Gasteiger partial charge on any atom is 0.273 e. The third kappa shape index (κ3) is 3.04. The van der Waals surface area contributed by atoms with E-state index in [2.05, 4.69) is 9.61 Å². The monoisotopic (exact) mass is 292 g/mol. The van der Waals surface area contributed by atoms with Crippen LogP contribution in [0.4, 0.5) is 11.4 Å². The Bertz CT molecular complexity index is 646. The Morgan fingerprint density at radius 3 is 2.50 bits per heavy atom. The molecule has 0 atom stereocenters. The predicted octanol–water partition coefficient (Wildman–Crippen LogP) is 3.38. The van der Waals surface area contributed by atoms with E-state index in [-0.39, 0.29) is 17.0 Å². The smallest absolute Gasteiger partial charge is 0.273 e. The SMILES string of the molecule is O=C(Nc1ccccc1)c1ccc([N+](=O)[O-])cc1OCl. The van der Waals surface area contributed by atoms with Crippen molar-refractivity contribution in [3.05, 3.63) is 64.2 Å². The summed E-state index contributed by atoms with van der Waals surface area (Å²) in [6.45, 7) is 0. The van der Waals surface area contributed by atoms with Crippen molar-refractivity contribution in [1.29, 1.82) is 0 Å². The molecule has 2 aromatic carbocycles. The number of carbonyl (C=O) groups is 1. The largest absolute Gasteiger partial charge is 0.384 e. The molecule has 102 valence electrons. The number of amides is 1. The summed E-state index contributed by atoms with van der Waals surface area (Å²) < 4.78 is 4.50. The zero-order valence-corrected chi connectivity index (χ0v) is 10.8. The molecule has 0 bridgehead atoms. The summed E-state index contributed by atoms with van der Waals surface area (Å²) in [6.07, 6.45) is 0. The molecule has 7 heteroatoms. The summed E-state index contributed by atoms with van der Waals surface area (Å²) in [6, 6.07) is 12.4. The summed E-state index contributed by atoms with van der Waals surface area (Å²) in [5.74, 6) is -0.545. The number of rotatable bonds is 4. The predicted molar refractivity (Wildman–Crippen MR) is 74.0 cm³/mol. The average Bonchev–Trinajstić information content (AvgIpc) is 2.47. The minimum absolute atomic E-state index is 0.0747. The molecule has 0 fully saturated rings. The van der Waals surface area contributed by atoms with Crippen LogP contribution in [-0.2, 0) is 0 Å². The first-order valence-corrected chi connectivity index (χ1v) is 5.86. The Hall–Kier alpha value is -2.60. The summed E-state index contributed by atoms with van der Waals surface area (Å²) in [5, 5.41) is 13.3. The molecule has 0 aliphatic rings. The molecule has 0 saturated carbocycles. The topological polar surface area (TPSA) is 81.5 Å². The zero-order chi connectivity index (χ0) is 14.5. The lowest BCUT2D eigenvalue weighted by molar-refractivity contribution is -0.384. The zero-order valence-electron chi connectivity index (χ0n) is 10.1. The molecule has 1 amide bonds. The minimum atomic E-state index is -0.599. The molecule has 20 heavy (non-hydrogen) atoms. The molecule has 0 aliphatic heterocycles. The lowest BCUT2D eigenvalue weighted by Crippen LogP contribution is -2.12. The number of anilines is 1. The maximum absolute atomic E-state index is 12.1. The Morgan fingerprint density at radius 1 is 1.20 bits per heavy atom. The van der Waals surface area contributed by atoms with E-state index in [1.54, 1.807) is 24.3 Å². The molecule has 0 radical (unpaired) electrons.